The first-order chi connectivity index (χ1) is 23.6. The van der Waals surface area contributed by atoms with E-state index < -0.39 is 5.97 Å². The molecule has 4 nitrogen and oxygen atoms in total. The van der Waals surface area contributed by atoms with Crippen LogP contribution in [0, 0.1) is 56.7 Å². The number of fused-ring (bicyclic) bond motifs is 7. The normalized spacial score (nSPS) is 43.0. The molecule has 1 aromatic carbocycles. The molecule has 9 atom stereocenters. The number of benzene rings is 1. The summed E-state index contributed by atoms with van der Waals surface area (Å²) in [5, 5.41) is 9.52. The van der Waals surface area contributed by atoms with E-state index in [4.69, 9.17) is 6.58 Å². The fourth-order valence-corrected chi connectivity index (χ4v) is 15.3. The van der Waals surface area contributed by atoms with Crippen LogP contribution in [0.1, 0.15) is 141 Å². The quantitative estimate of drug-likeness (QED) is 0.278. The van der Waals surface area contributed by atoms with Crippen molar-refractivity contribution in [1.82, 2.24) is 9.80 Å². The van der Waals surface area contributed by atoms with Gasteiger partial charge in [0.25, 0.3) is 0 Å². The molecular weight excluding hydrogens is 613 g/mol. The maximum absolute atomic E-state index is 11.6. The van der Waals surface area contributed by atoms with Crippen LogP contribution < -0.4 is 0 Å². The van der Waals surface area contributed by atoms with Gasteiger partial charge in [0, 0.05) is 18.6 Å². The topological polar surface area (TPSA) is 43.8 Å². The molecule has 1 aliphatic heterocycles. The van der Waals surface area contributed by atoms with Gasteiger partial charge in [-0.15, -0.1) is 0 Å². The third kappa shape index (κ3) is 4.99. The fraction of sp³-hybridized carbons (Fsp3) is 0.761. The minimum absolute atomic E-state index is 0.0491. The molecule has 6 fully saturated rings. The molecule has 0 bridgehead atoms. The zero-order valence-corrected chi connectivity index (χ0v) is 32.8. The molecule has 5 saturated carbocycles. The van der Waals surface area contributed by atoms with Gasteiger partial charge in [-0.05, 0) is 190 Å². The van der Waals surface area contributed by atoms with Gasteiger partial charge in [-0.3, -0.25) is 4.90 Å². The molecule has 1 heterocycles. The third-order valence-electron chi connectivity index (χ3n) is 18.2. The van der Waals surface area contributed by atoms with E-state index in [9.17, 15) is 9.90 Å². The summed E-state index contributed by atoms with van der Waals surface area (Å²) in [4.78, 5) is 17.3. The molecular formula is C46H68N2O2. The number of rotatable bonds is 8. The Morgan fingerprint density at radius 1 is 0.880 bits per heavy atom. The van der Waals surface area contributed by atoms with Gasteiger partial charge >= 0.3 is 5.97 Å². The van der Waals surface area contributed by atoms with Crippen LogP contribution in [0.5, 0.6) is 0 Å². The Morgan fingerprint density at radius 3 is 2.22 bits per heavy atom. The fourth-order valence-electron chi connectivity index (χ4n) is 15.3. The molecule has 7 aliphatic rings. The predicted octanol–water partition coefficient (Wildman–Crippen LogP) is 10.6. The summed E-state index contributed by atoms with van der Waals surface area (Å²) in [7, 11) is 2.52. The second-order valence-corrected chi connectivity index (χ2v) is 20.5. The van der Waals surface area contributed by atoms with Gasteiger partial charge < -0.3 is 10.0 Å². The highest BCUT2D eigenvalue weighted by atomic mass is 16.4. The summed E-state index contributed by atoms with van der Waals surface area (Å²) in [5.74, 6) is 2.76. The number of carboxylic acids is 1. The lowest BCUT2D eigenvalue weighted by Gasteiger charge is -2.72. The van der Waals surface area contributed by atoms with Crippen molar-refractivity contribution in [2.75, 3.05) is 33.2 Å². The van der Waals surface area contributed by atoms with Crippen molar-refractivity contribution in [3.05, 3.63) is 53.6 Å². The molecule has 4 heteroatoms. The van der Waals surface area contributed by atoms with Crippen LogP contribution in [-0.4, -0.2) is 59.6 Å². The van der Waals surface area contributed by atoms with E-state index in [0.29, 0.717) is 39.2 Å². The maximum Gasteiger partial charge on any atom is 0.335 e. The Bertz CT molecular complexity index is 1550. The number of nitrogens with zero attached hydrogens (tertiary/aromatic N) is 2. The molecule has 50 heavy (non-hydrogen) atoms. The second kappa shape index (κ2) is 11.8. The highest BCUT2D eigenvalue weighted by molar-refractivity contribution is 5.88. The van der Waals surface area contributed by atoms with E-state index in [-0.39, 0.29) is 10.8 Å². The number of aromatic carboxylic acids is 1. The molecule has 0 aromatic heterocycles. The van der Waals surface area contributed by atoms with Crippen LogP contribution in [0.4, 0.5) is 0 Å². The number of hydrogen-bond donors (Lipinski definition) is 1. The van der Waals surface area contributed by atoms with Crippen molar-refractivity contribution in [2.45, 2.75) is 131 Å². The molecule has 1 N–H and O–H groups in total. The molecule has 8 rings (SSSR count). The van der Waals surface area contributed by atoms with Crippen molar-refractivity contribution in [3.8, 4) is 0 Å². The van der Waals surface area contributed by atoms with Crippen LogP contribution in [0.15, 0.2) is 42.5 Å². The first-order valence-corrected chi connectivity index (χ1v) is 20.7. The van der Waals surface area contributed by atoms with Gasteiger partial charge in [0.05, 0.1) is 5.56 Å². The summed E-state index contributed by atoms with van der Waals surface area (Å²) in [5.41, 5.74) is 6.39. The SMILES string of the molecule is C=C(C)[C@@H]1CC[C@]2(CN(C)C3(CN4CCCC4)CC3)CC[C@]3(C)[C@H](CC[C@@H]4[C@@]5(C)CC=C(c6ccc(C(=O)O)cc6)C(C)(C)[C@@H]5CC[C@]43C)[C@@H]12. The van der Waals surface area contributed by atoms with Crippen molar-refractivity contribution < 1.29 is 9.90 Å². The summed E-state index contributed by atoms with van der Waals surface area (Å²) in [6.45, 7) is 25.6. The van der Waals surface area contributed by atoms with Gasteiger partial charge in [0.15, 0.2) is 0 Å². The Kier molecular flexibility index (Phi) is 8.29. The average Bonchev–Trinajstić information content (AvgIpc) is 3.47. The number of carbonyl (C=O) groups is 1. The standard InChI is InChI=1S/C46H68N2O2/c1-31(2)34-17-22-45(29-47(8)46(25-26-46)30-48-27-9-10-28-48)24-23-43(6)36(39(34)45)15-16-38-42(5)20-18-35(32-11-13-33(14-12-32)40(49)50)41(3,4)37(42)19-21-44(38,43)7/h11-14,18,34,36-39H,1,9-10,15-17,19-30H2,2-8H3,(H,49,50)/t34-,36+,37-,38+,39+,42-,43+,44+,45+/m0/s1. The van der Waals surface area contributed by atoms with Crippen molar-refractivity contribution in [2.24, 2.45) is 56.7 Å². The lowest BCUT2D eigenvalue weighted by atomic mass is 9.32. The number of hydrogen-bond acceptors (Lipinski definition) is 3. The zero-order chi connectivity index (χ0) is 35.5. The molecule has 274 valence electrons. The first-order valence-electron chi connectivity index (χ1n) is 20.7. The maximum atomic E-state index is 11.6. The highest BCUT2D eigenvalue weighted by Crippen LogP contribution is 2.78. The second-order valence-electron chi connectivity index (χ2n) is 20.5. The zero-order valence-electron chi connectivity index (χ0n) is 32.8. The summed E-state index contributed by atoms with van der Waals surface area (Å²) in [6, 6.07) is 7.70. The van der Waals surface area contributed by atoms with E-state index in [1.165, 1.54) is 120 Å². The van der Waals surface area contributed by atoms with Gasteiger partial charge in [-0.1, -0.05) is 65.0 Å². The molecule has 6 aliphatic carbocycles. The lowest BCUT2D eigenvalue weighted by molar-refractivity contribution is -0.227. The van der Waals surface area contributed by atoms with Crippen molar-refractivity contribution in [3.63, 3.8) is 0 Å². The van der Waals surface area contributed by atoms with Crippen molar-refractivity contribution >= 4 is 11.5 Å². The number of likely N-dealkylation sites (N-methyl/N-ethyl adjacent to an activating group) is 1. The Balaban J connectivity index is 1.09. The van der Waals surface area contributed by atoms with E-state index >= 15 is 0 Å². The Hall–Kier alpha value is -1.91. The largest absolute Gasteiger partial charge is 0.478 e. The van der Waals surface area contributed by atoms with Crippen molar-refractivity contribution in [1.29, 1.82) is 0 Å². The van der Waals surface area contributed by atoms with Crippen LogP contribution >= 0.6 is 0 Å². The van der Waals surface area contributed by atoms with Gasteiger partial charge in [0.2, 0.25) is 0 Å². The first kappa shape index (κ1) is 35.1. The molecule has 1 saturated heterocycles. The monoisotopic (exact) mass is 681 g/mol. The van der Waals surface area contributed by atoms with Crippen LogP contribution in [0.2, 0.25) is 0 Å². The van der Waals surface area contributed by atoms with E-state index in [1.807, 2.05) is 0 Å². The number of carboxylic acid groups (broad SMARTS) is 1. The van der Waals surface area contributed by atoms with Gasteiger partial charge in [-0.25, -0.2) is 4.79 Å². The minimum atomic E-state index is -0.847. The Labute approximate surface area is 304 Å². The summed E-state index contributed by atoms with van der Waals surface area (Å²) in [6.07, 6.45) is 20.3. The lowest BCUT2D eigenvalue weighted by Crippen LogP contribution is -2.66. The number of likely N-dealkylation sites (tertiary alicyclic amines) is 1. The molecule has 1 aromatic rings. The van der Waals surface area contributed by atoms with Gasteiger partial charge in [-0.2, -0.15) is 0 Å². The highest BCUT2D eigenvalue weighted by Gasteiger charge is 2.70. The van der Waals surface area contributed by atoms with Crippen LogP contribution in [-0.2, 0) is 0 Å². The van der Waals surface area contributed by atoms with Crippen LogP contribution in [0.25, 0.3) is 5.57 Å². The predicted molar refractivity (Wildman–Crippen MR) is 206 cm³/mol. The van der Waals surface area contributed by atoms with E-state index in [2.05, 4.69) is 76.6 Å². The third-order valence-corrected chi connectivity index (χ3v) is 18.2. The summed E-state index contributed by atoms with van der Waals surface area (Å²) < 4.78 is 0. The Morgan fingerprint density at radius 2 is 1.58 bits per heavy atom. The number of allylic oxidation sites excluding steroid dienone is 3. The smallest absolute Gasteiger partial charge is 0.335 e. The average molecular weight is 681 g/mol. The van der Waals surface area contributed by atoms with Crippen LogP contribution in [0.3, 0.4) is 0 Å². The molecule has 0 amide bonds. The van der Waals surface area contributed by atoms with E-state index in [1.54, 1.807) is 12.1 Å². The molecule has 0 unspecified atom stereocenters. The minimum Gasteiger partial charge on any atom is -0.478 e. The summed E-state index contributed by atoms with van der Waals surface area (Å²) >= 11 is 0. The van der Waals surface area contributed by atoms with Gasteiger partial charge in [0.1, 0.15) is 0 Å². The van der Waals surface area contributed by atoms with E-state index in [0.717, 1.165) is 24.2 Å². The molecule has 0 radical (unpaired) electrons. The molecule has 0 spiro atoms.